The van der Waals surface area contributed by atoms with Gasteiger partial charge < -0.3 is 4.74 Å². The number of imide groups is 1. The van der Waals surface area contributed by atoms with E-state index < -0.39 is 21.9 Å². The fourth-order valence-corrected chi connectivity index (χ4v) is 1.28. The Bertz CT molecular complexity index is 311. The number of alkyl carbamates (subject to hydrolysis) is 1. The van der Waals surface area contributed by atoms with Gasteiger partial charge >= 0.3 is 6.09 Å². The van der Waals surface area contributed by atoms with Gasteiger partial charge in [-0.2, -0.15) is 0 Å². The highest BCUT2D eigenvalue weighted by Gasteiger charge is 2.34. The number of carbonyl (C=O) groups excluding carboxylic acids is 2. The summed E-state index contributed by atoms with van der Waals surface area (Å²) in [5.41, 5.74) is 0. The highest BCUT2D eigenvalue weighted by atomic mass is 79.9. The molecule has 16 heavy (non-hydrogen) atoms. The number of carbonyl (C=O) groups is 2. The first kappa shape index (κ1) is 15.9. The fraction of sp³-hybridized carbons (Fsp3) is 0.500. The van der Waals surface area contributed by atoms with Crippen LogP contribution in [0.3, 0.4) is 0 Å². The molecule has 1 N–H and O–H groups in total. The van der Waals surface area contributed by atoms with E-state index in [4.69, 9.17) is 41.2 Å². The molecule has 0 saturated heterocycles. The zero-order chi connectivity index (χ0) is 12.8. The number of rotatable bonds is 3. The molecule has 0 aliphatic heterocycles. The SMILES string of the molecule is C#C[C@H](OC(=O)NC(=O)CCBr)C(Cl)(Cl)Cl. The number of hydrogen-bond acceptors (Lipinski definition) is 3. The lowest BCUT2D eigenvalue weighted by molar-refractivity contribution is -0.120. The predicted molar refractivity (Wildman–Crippen MR) is 65.9 cm³/mol. The van der Waals surface area contributed by atoms with Gasteiger partial charge in [-0.1, -0.05) is 56.7 Å². The highest BCUT2D eigenvalue weighted by Crippen LogP contribution is 2.31. The quantitative estimate of drug-likeness (QED) is 0.627. The van der Waals surface area contributed by atoms with Crippen LogP contribution in [-0.2, 0) is 9.53 Å². The fourth-order valence-electron chi connectivity index (χ4n) is 0.594. The van der Waals surface area contributed by atoms with Crippen molar-refractivity contribution in [2.24, 2.45) is 0 Å². The van der Waals surface area contributed by atoms with Crippen LogP contribution < -0.4 is 5.32 Å². The third kappa shape index (κ3) is 6.44. The lowest BCUT2D eigenvalue weighted by Gasteiger charge is -2.19. The Hall–Kier alpha value is -0.150. The minimum absolute atomic E-state index is 0.115. The molecule has 0 spiro atoms. The molecule has 0 aromatic carbocycles. The maximum Gasteiger partial charge on any atom is 0.415 e. The van der Waals surface area contributed by atoms with Crippen LogP contribution in [0.1, 0.15) is 6.42 Å². The summed E-state index contributed by atoms with van der Waals surface area (Å²) < 4.78 is 2.62. The van der Waals surface area contributed by atoms with Gasteiger partial charge in [-0.25, -0.2) is 4.79 Å². The average molecular weight is 351 g/mol. The molecule has 0 aliphatic rings. The van der Waals surface area contributed by atoms with Crippen LogP contribution >= 0.6 is 50.7 Å². The van der Waals surface area contributed by atoms with Crippen molar-refractivity contribution in [3.05, 3.63) is 0 Å². The van der Waals surface area contributed by atoms with Gasteiger partial charge in [0.25, 0.3) is 0 Å². The molecule has 1 atom stereocenters. The van der Waals surface area contributed by atoms with Crippen molar-refractivity contribution < 1.29 is 14.3 Å². The zero-order valence-electron chi connectivity index (χ0n) is 7.81. The summed E-state index contributed by atoms with van der Waals surface area (Å²) in [5.74, 6) is 1.45. The third-order valence-electron chi connectivity index (χ3n) is 1.24. The first-order valence-electron chi connectivity index (χ1n) is 3.90. The van der Waals surface area contributed by atoms with Crippen LogP contribution in [0.25, 0.3) is 0 Å². The Balaban J connectivity index is 4.24. The largest absolute Gasteiger partial charge is 0.428 e. The summed E-state index contributed by atoms with van der Waals surface area (Å²) in [5, 5.41) is 2.33. The molecular formula is C8H7BrCl3NO3. The van der Waals surface area contributed by atoms with Crippen molar-refractivity contribution in [2.75, 3.05) is 5.33 Å². The monoisotopic (exact) mass is 349 g/mol. The lowest BCUT2D eigenvalue weighted by Crippen LogP contribution is -2.37. The standard InChI is InChI=1S/C8H7BrCl3NO3/c1-2-5(8(10,11)12)16-7(15)13-6(14)3-4-9/h1,5H,3-4H2,(H,13,14,15)/t5-/m0/s1. The van der Waals surface area contributed by atoms with Crippen molar-refractivity contribution >= 4 is 62.7 Å². The van der Waals surface area contributed by atoms with Crippen molar-refractivity contribution in [3.63, 3.8) is 0 Å². The van der Waals surface area contributed by atoms with Crippen LogP contribution in [0, 0.1) is 12.3 Å². The Morgan fingerprint density at radius 2 is 2.06 bits per heavy atom. The zero-order valence-corrected chi connectivity index (χ0v) is 11.7. The van der Waals surface area contributed by atoms with E-state index in [1.54, 1.807) is 0 Å². The van der Waals surface area contributed by atoms with E-state index in [2.05, 4.69) is 20.7 Å². The van der Waals surface area contributed by atoms with Crippen LogP contribution in [0.4, 0.5) is 4.79 Å². The molecule has 0 rings (SSSR count). The summed E-state index contributed by atoms with van der Waals surface area (Å²) in [4.78, 5) is 22.1. The Morgan fingerprint density at radius 1 is 1.50 bits per heavy atom. The number of nitrogens with one attached hydrogen (secondary N) is 1. The van der Waals surface area contributed by atoms with Gasteiger partial charge in [0.05, 0.1) is 0 Å². The van der Waals surface area contributed by atoms with Gasteiger partial charge in [0, 0.05) is 11.8 Å². The van der Waals surface area contributed by atoms with Crippen molar-refractivity contribution in [2.45, 2.75) is 16.3 Å². The molecule has 0 bridgehead atoms. The molecule has 90 valence electrons. The molecule has 0 aromatic rings. The first-order valence-corrected chi connectivity index (χ1v) is 6.16. The molecular weight excluding hydrogens is 344 g/mol. The van der Waals surface area contributed by atoms with E-state index in [9.17, 15) is 9.59 Å². The van der Waals surface area contributed by atoms with Crippen molar-refractivity contribution in [1.29, 1.82) is 0 Å². The van der Waals surface area contributed by atoms with E-state index in [1.165, 1.54) is 0 Å². The number of amides is 2. The molecule has 0 heterocycles. The maximum absolute atomic E-state index is 11.1. The van der Waals surface area contributed by atoms with Gasteiger partial charge in [0.1, 0.15) is 0 Å². The maximum atomic E-state index is 11.1. The van der Waals surface area contributed by atoms with Crippen molar-refractivity contribution in [1.82, 2.24) is 5.32 Å². The first-order chi connectivity index (χ1) is 7.31. The second kappa shape index (κ2) is 7.23. The molecule has 0 saturated carbocycles. The number of alkyl halides is 4. The molecule has 0 aliphatic carbocycles. The van der Waals surface area contributed by atoms with Gasteiger partial charge in [0.15, 0.2) is 0 Å². The van der Waals surface area contributed by atoms with Crippen LogP contribution in [-0.4, -0.2) is 27.2 Å². The van der Waals surface area contributed by atoms with Gasteiger partial charge in [0.2, 0.25) is 15.8 Å². The average Bonchev–Trinajstić information content (AvgIpc) is 2.12. The molecule has 4 nitrogen and oxygen atoms in total. The highest BCUT2D eigenvalue weighted by molar-refractivity contribution is 9.09. The third-order valence-corrected chi connectivity index (χ3v) is 2.23. The summed E-state index contributed by atoms with van der Waals surface area (Å²) in [6.07, 6.45) is 2.69. The second-order valence-electron chi connectivity index (χ2n) is 2.48. The van der Waals surface area contributed by atoms with Crippen molar-refractivity contribution in [3.8, 4) is 12.3 Å². The molecule has 0 aromatic heterocycles. The minimum Gasteiger partial charge on any atom is -0.428 e. The number of halogens is 4. The molecule has 0 unspecified atom stereocenters. The van der Waals surface area contributed by atoms with Gasteiger partial charge in [-0.05, 0) is 0 Å². The van der Waals surface area contributed by atoms with Gasteiger partial charge in [-0.15, -0.1) is 6.42 Å². The summed E-state index contributed by atoms with van der Waals surface area (Å²) in [6.45, 7) is 0. The number of hydrogen-bond donors (Lipinski definition) is 1. The van der Waals surface area contributed by atoms with Crippen LogP contribution in [0.2, 0.25) is 0 Å². The predicted octanol–water partition coefficient (Wildman–Crippen LogP) is 2.40. The smallest absolute Gasteiger partial charge is 0.415 e. The molecule has 0 radical (unpaired) electrons. The molecule has 0 fully saturated rings. The van der Waals surface area contributed by atoms with Gasteiger partial charge in [-0.3, -0.25) is 10.1 Å². The summed E-state index contributed by atoms with van der Waals surface area (Å²) >= 11 is 19.3. The van der Waals surface area contributed by atoms with E-state index in [0.717, 1.165) is 0 Å². The Labute approximate surface area is 116 Å². The van der Waals surface area contributed by atoms with E-state index in [0.29, 0.717) is 5.33 Å². The number of terminal acetylenes is 1. The lowest BCUT2D eigenvalue weighted by atomic mass is 10.4. The van der Waals surface area contributed by atoms with E-state index >= 15 is 0 Å². The molecule has 2 amide bonds. The van der Waals surface area contributed by atoms with Crippen LogP contribution in [0.5, 0.6) is 0 Å². The normalized spacial score (nSPS) is 12.4. The second-order valence-corrected chi connectivity index (χ2v) is 5.64. The molecule has 8 heteroatoms. The van der Waals surface area contributed by atoms with Crippen LogP contribution in [0.15, 0.2) is 0 Å². The van der Waals surface area contributed by atoms with E-state index in [-0.39, 0.29) is 6.42 Å². The minimum atomic E-state index is -1.94. The Kier molecular flexibility index (Phi) is 7.16. The topological polar surface area (TPSA) is 55.4 Å². The Morgan fingerprint density at radius 3 is 2.44 bits per heavy atom. The number of ether oxygens (including phenoxy) is 1. The summed E-state index contributed by atoms with van der Waals surface area (Å²) in [7, 11) is 0. The summed E-state index contributed by atoms with van der Waals surface area (Å²) in [6, 6.07) is 0. The van der Waals surface area contributed by atoms with E-state index in [1.807, 2.05) is 11.2 Å².